The molecule has 0 aromatic rings. The molecule has 0 heterocycles. The number of hydrogen-bond donors (Lipinski definition) is 3. The third kappa shape index (κ3) is 3.71. The van der Waals surface area contributed by atoms with Gasteiger partial charge in [-0.3, -0.25) is 14.9 Å². The van der Waals surface area contributed by atoms with E-state index in [9.17, 15) is 19.5 Å². The maximum Gasteiger partial charge on any atom is 0.321 e. The quantitative estimate of drug-likeness (QED) is 0.649. The minimum Gasteiger partial charge on any atom is -0.452 e. The lowest BCUT2D eigenvalue weighted by Gasteiger charge is -2.58. The molecule has 150 valence electrons. The molecule has 5 rings (SSSR count). The van der Waals surface area contributed by atoms with E-state index in [1.165, 1.54) is 6.92 Å². The van der Waals surface area contributed by atoms with Crippen molar-refractivity contribution in [3.63, 3.8) is 0 Å². The van der Waals surface area contributed by atoms with Crippen LogP contribution in [0.1, 0.15) is 71.1 Å². The fourth-order valence-corrected chi connectivity index (χ4v) is 6.30. The molecule has 4 bridgehead atoms. The van der Waals surface area contributed by atoms with Crippen LogP contribution >= 0.6 is 0 Å². The summed E-state index contributed by atoms with van der Waals surface area (Å²) in [6.45, 7) is 1.49. The second kappa shape index (κ2) is 6.76. The van der Waals surface area contributed by atoms with E-state index < -0.39 is 35.0 Å². The second-order valence-corrected chi connectivity index (χ2v) is 9.46. The standard InChI is InChI=1S/C20H30N2O5/c1-12(16(23)22-18(25)21-15-4-2-3-5-15)27-17(24)19-7-13-6-14(8-19)10-20(26,9-13)11-19/h12-15,26H,2-11H2,1H3,(H2,21,22,23,25). The Labute approximate surface area is 159 Å². The lowest BCUT2D eigenvalue weighted by atomic mass is 9.48. The minimum absolute atomic E-state index is 0.114. The van der Waals surface area contributed by atoms with Crippen molar-refractivity contribution in [1.29, 1.82) is 0 Å². The molecule has 27 heavy (non-hydrogen) atoms. The molecule has 5 saturated carbocycles. The molecule has 7 heteroatoms. The highest BCUT2D eigenvalue weighted by atomic mass is 16.5. The molecule has 0 radical (unpaired) electrons. The van der Waals surface area contributed by atoms with Crippen LogP contribution in [0, 0.1) is 17.3 Å². The zero-order valence-corrected chi connectivity index (χ0v) is 16.0. The van der Waals surface area contributed by atoms with Crippen molar-refractivity contribution in [2.75, 3.05) is 0 Å². The number of carbonyl (C=O) groups excluding carboxylic acids is 3. The first-order valence-corrected chi connectivity index (χ1v) is 10.3. The molecule has 3 atom stereocenters. The van der Waals surface area contributed by atoms with Gasteiger partial charge in [0.25, 0.3) is 5.91 Å². The predicted molar refractivity (Wildman–Crippen MR) is 96.5 cm³/mol. The summed E-state index contributed by atoms with van der Waals surface area (Å²) in [4.78, 5) is 37.1. The van der Waals surface area contributed by atoms with E-state index in [4.69, 9.17) is 4.74 Å². The van der Waals surface area contributed by atoms with Crippen LogP contribution in [-0.4, -0.2) is 40.8 Å². The molecule has 0 aliphatic heterocycles. The van der Waals surface area contributed by atoms with Gasteiger partial charge in [0.2, 0.25) is 0 Å². The molecule has 0 saturated heterocycles. The molecule has 0 spiro atoms. The molecule has 5 aliphatic carbocycles. The highest BCUT2D eigenvalue weighted by Gasteiger charge is 2.61. The largest absolute Gasteiger partial charge is 0.452 e. The first kappa shape index (κ1) is 18.7. The zero-order chi connectivity index (χ0) is 19.2. The molecule has 0 aromatic carbocycles. The maximum atomic E-state index is 12.9. The van der Waals surface area contributed by atoms with Crippen LogP contribution in [0.2, 0.25) is 0 Å². The summed E-state index contributed by atoms with van der Waals surface area (Å²) in [6, 6.07) is -0.415. The fourth-order valence-electron chi connectivity index (χ4n) is 6.30. The Kier molecular flexibility index (Phi) is 4.69. The molecule has 5 aliphatic rings. The Hall–Kier alpha value is -1.63. The smallest absolute Gasteiger partial charge is 0.321 e. The van der Waals surface area contributed by atoms with Crippen molar-refractivity contribution >= 4 is 17.9 Å². The predicted octanol–water partition coefficient (Wildman–Crippen LogP) is 2.02. The van der Waals surface area contributed by atoms with Crippen LogP contribution in [0.3, 0.4) is 0 Å². The average molecular weight is 378 g/mol. The van der Waals surface area contributed by atoms with Gasteiger partial charge in [0, 0.05) is 6.04 Å². The number of ether oxygens (including phenoxy) is 1. The Morgan fingerprint density at radius 1 is 1.07 bits per heavy atom. The SMILES string of the molecule is CC(OC(=O)C12CC3CC(CC(O)(C3)C1)C2)C(=O)NC(=O)NC1CCCC1. The van der Waals surface area contributed by atoms with Crippen LogP contribution in [0.15, 0.2) is 0 Å². The highest BCUT2D eigenvalue weighted by Crippen LogP contribution is 2.62. The lowest BCUT2D eigenvalue weighted by molar-refractivity contribution is -0.199. The summed E-state index contributed by atoms with van der Waals surface area (Å²) < 4.78 is 5.47. The van der Waals surface area contributed by atoms with Crippen LogP contribution in [0.5, 0.6) is 0 Å². The number of carbonyl (C=O) groups is 3. The van der Waals surface area contributed by atoms with Crippen LogP contribution < -0.4 is 10.6 Å². The molecule has 7 nitrogen and oxygen atoms in total. The summed E-state index contributed by atoms with van der Waals surface area (Å²) in [5, 5.41) is 15.8. The zero-order valence-electron chi connectivity index (χ0n) is 16.0. The van der Waals surface area contributed by atoms with Gasteiger partial charge in [0.05, 0.1) is 11.0 Å². The van der Waals surface area contributed by atoms with E-state index in [1.807, 2.05) is 0 Å². The first-order chi connectivity index (χ1) is 12.8. The molecule has 5 fully saturated rings. The van der Waals surface area contributed by atoms with E-state index in [0.717, 1.165) is 57.8 Å². The van der Waals surface area contributed by atoms with Gasteiger partial charge < -0.3 is 15.2 Å². The van der Waals surface area contributed by atoms with E-state index >= 15 is 0 Å². The van der Waals surface area contributed by atoms with Crippen molar-refractivity contribution < 1.29 is 24.2 Å². The van der Waals surface area contributed by atoms with Crippen molar-refractivity contribution in [2.24, 2.45) is 17.3 Å². The van der Waals surface area contributed by atoms with Gasteiger partial charge in [0.1, 0.15) is 0 Å². The normalized spacial score (nSPS) is 38.4. The van der Waals surface area contributed by atoms with Crippen molar-refractivity contribution in [3.05, 3.63) is 0 Å². The Balaban J connectivity index is 1.32. The van der Waals surface area contributed by atoms with Gasteiger partial charge in [0.15, 0.2) is 6.10 Å². The lowest BCUT2D eigenvalue weighted by Crippen LogP contribution is -2.59. The van der Waals surface area contributed by atoms with Gasteiger partial charge in [-0.25, -0.2) is 4.79 Å². The van der Waals surface area contributed by atoms with E-state index in [2.05, 4.69) is 10.6 Å². The van der Waals surface area contributed by atoms with Crippen LogP contribution in [-0.2, 0) is 14.3 Å². The summed E-state index contributed by atoms with van der Waals surface area (Å²) >= 11 is 0. The van der Waals surface area contributed by atoms with E-state index in [1.54, 1.807) is 0 Å². The molecular weight excluding hydrogens is 348 g/mol. The molecule has 3 unspecified atom stereocenters. The topological polar surface area (TPSA) is 105 Å². The average Bonchev–Trinajstić information content (AvgIpc) is 3.05. The van der Waals surface area contributed by atoms with Gasteiger partial charge in [-0.05, 0) is 70.1 Å². The number of nitrogens with one attached hydrogen (secondary N) is 2. The number of aliphatic hydroxyl groups is 1. The molecule has 0 aromatic heterocycles. The summed E-state index contributed by atoms with van der Waals surface area (Å²) in [7, 11) is 0. The van der Waals surface area contributed by atoms with Crippen molar-refractivity contribution in [2.45, 2.75) is 88.9 Å². The van der Waals surface area contributed by atoms with E-state index in [-0.39, 0.29) is 6.04 Å². The molecule has 3 amide bonds. The first-order valence-electron chi connectivity index (χ1n) is 10.3. The Morgan fingerprint density at radius 3 is 2.30 bits per heavy atom. The molecule has 3 N–H and O–H groups in total. The number of esters is 1. The highest BCUT2D eigenvalue weighted by molar-refractivity contribution is 5.97. The van der Waals surface area contributed by atoms with E-state index in [0.29, 0.717) is 18.3 Å². The second-order valence-electron chi connectivity index (χ2n) is 9.46. The third-order valence-corrected chi connectivity index (χ3v) is 7.04. The van der Waals surface area contributed by atoms with Gasteiger partial charge in [-0.15, -0.1) is 0 Å². The Morgan fingerprint density at radius 2 is 1.70 bits per heavy atom. The summed E-state index contributed by atoms with van der Waals surface area (Å²) in [5.74, 6) is -0.272. The maximum absolute atomic E-state index is 12.9. The summed E-state index contributed by atoms with van der Waals surface area (Å²) in [5.41, 5.74) is -1.42. The van der Waals surface area contributed by atoms with Gasteiger partial charge in [-0.1, -0.05) is 12.8 Å². The Bertz CT molecular complexity index is 628. The number of urea groups is 1. The number of rotatable bonds is 4. The van der Waals surface area contributed by atoms with Gasteiger partial charge in [-0.2, -0.15) is 0 Å². The fraction of sp³-hybridized carbons (Fsp3) is 0.850. The van der Waals surface area contributed by atoms with Crippen LogP contribution in [0.4, 0.5) is 4.79 Å². The minimum atomic E-state index is -1.03. The number of imide groups is 1. The van der Waals surface area contributed by atoms with Crippen molar-refractivity contribution in [3.8, 4) is 0 Å². The number of hydrogen-bond acceptors (Lipinski definition) is 5. The monoisotopic (exact) mass is 378 g/mol. The number of amides is 3. The van der Waals surface area contributed by atoms with Gasteiger partial charge >= 0.3 is 12.0 Å². The summed E-state index contributed by atoms with van der Waals surface area (Å²) in [6.07, 6.45) is 7.53. The molecular formula is C20H30N2O5. The van der Waals surface area contributed by atoms with Crippen molar-refractivity contribution in [1.82, 2.24) is 10.6 Å². The van der Waals surface area contributed by atoms with Crippen LogP contribution in [0.25, 0.3) is 0 Å². The third-order valence-electron chi connectivity index (χ3n) is 7.04.